The Kier molecular flexibility index (Phi) is 43.1. The van der Waals surface area contributed by atoms with Gasteiger partial charge in [0.25, 0.3) is 0 Å². The van der Waals surface area contributed by atoms with E-state index in [1.807, 2.05) is 0 Å². The molecule has 18 heteroatoms. The highest BCUT2D eigenvalue weighted by atomic mass is 16.8. The van der Waals surface area contributed by atoms with Gasteiger partial charge in [0, 0.05) is 13.2 Å². The van der Waals surface area contributed by atoms with E-state index in [1.165, 1.54) is 127 Å². The van der Waals surface area contributed by atoms with Crippen LogP contribution in [0.3, 0.4) is 0 Å². The Balaban J connectivity index is 1.34. The molecule has 2 N–H and O–H groups in total. The molecule has 0 radical (unpaired) electrons. The van der Waals surface area contributed by atoms with E-state index >= 15 is 0 Å². The van der Waals surface area contributed by atoms with Crippen LogP contribution in [-0.2, 0) is 52.1 Å². The Hall–Kier alpha value is -6.87. The summed E-state index contributed by atoms with van der Waals surface area (Å²) < 4.78 is 71.9. The summed E-state index contributed by atoms with van der Waals surface area (Å²) in [6, 6.07) is 40.4. The van der Waals surface area contributed by atoms with E-state index in [1.54, 1.807) is 115 Å². The molecule has 109 heavy (non-hydrogen) atoms. The molecule has 18 nitrogen and oxygen atoms in total. The molecule has 6 rings (SSSR count). The van der Waals surface area contributed by atoms with Crippen LogP contribution in [0.5, 0.6) is 0 Å². The number of rotatable bonds is 55. The number of aliphatic hydroxyl groups is 2. The van der Waals surface area contributed by atoms with Crippen LogP contribution in [0, 0.1) is 47.3 Å². The third-order valence-electron chi connectivity index (χ3n) is 20.8. The zero-order valence-electron chi connectivity index (χ0n) is 67.3. The first kappa shape index (κ1) is 91.0. The van der Waals surface area contributed by atoms with Crippen molar-refractivity contribution in [1.82, 2.24) is 0 Å². The largest absolute Gasteiger partial charge is 0.459 e. The molecule has 1 aliphatic rings. The first-order chi connectivity index (χ1) is 52.6. The maximum absolute atomic E-state index is 15.0. The minimum Gasteiger partial charge on any atom is -0.459 e. The van der Waals surface area contributed by atoms with Crippen molar-refractivity contribution in [2.24, 2.45) is 47.3 Å². The zero-order chi connectivity index (χ0) is 78.7. The monoisotopic (exact) mass is 1510 g/mol. The van der Waals surface area contributed by atoms with E-state index in [4.69, 9.17) is 52.1 Å². The first-order valence-electron chi connectivity index (χ1n) is 40.9. The minimum absolute atomic E-state index is 0.0737. The summed E-state index contributed by atoms with van der Waals surface area (Å²) in [4.78, 5) is 72.1. The van der Waals surface area contributed by atoms with Crippen molar-refractivity contribution in [2.45, 2.75) is 266 Å². The molecule has 0 aliphatic carbocycles. The van der Waals surface area contributed by atoms with Gasteiger partial charge < -0.3 is 62.3 Å². The lowest BCUT2D eigenvalue weighted by Crippen LogP contribution is -2.64. The SMILES string of the molecule is CC(C)CCCC(C)CCCC(C)CCCC(C)CCOCC(CO[C@@H]1OC(COC(=O)c2ccccc2)[C@@H](O[C@H](OC(CO)[C@@H](C)O)[C@H](COC(=O)c2ccccc2)OC(=O)c2ccccc2)C(OC(=O)c2ccccc2)[C@@H]1OC(=O)c1ccccc1)OCCC(C)CCCC(C)CCCC(C)CCCC(C)C. The van der Waals surface area contributed by atoms with Crippen molar-refractivity contribution in [2.75, 3.05) is 46.2 Å². The topological polar surface area (TPSA) is 227 Å². The highest BCUT2D eigenvalue weighted by Crippen LogP contribution is 2.35. The molecule has 0 aromatic heterocycles. The van der Waals surface area contributed by atoms with Crippen LogP contribution < -0.4 is 0 Å². The molecular weight excluding hydrogens is 1380 g/mol. The second-order valence-corrected chi connectivity index (χ2v) is 31.8. The molecule has 0 bridgehead atoms. The van der Waals surface area contributed by atoms with Crippen molar-refractivity contribution in [3.8, 4) is 0 Å². The lowest BCUT2D eigenvalue weighted by atomic mass is 9.91. The fraction of sp³-hybridized carbons (Fsp3) is 0.615. The molecule has 5 aromatic rings. The van der Waals surface area contributed by atoms with E-state index in [2.05, 4.69) is 69.2 Å². The number of carbonyl (C=O) groups is 5. The smallest absolute Gasteiger partial charge is 0.338 e. The highest BCUT2D eigenvalue weighted by molar-refractivity contribution is 5.92. The van der Waals surface area contributed by atoms with Crippen LogP contribution in [0.2, 0.25) is 0 Å². The van der Waals surface area contributed by atoms with Crippen LogP contribution in [0.4, 0.5) is 0 Å². The van der Waals surface area contributed by atoms with Crippen LogP contribution >= 0.6 is 0 Å². The Morgan fingerprint density at radius 3 is 1.17 bits per heavy atom. The number of esters is 5. The van der Waals surface area contributed by atoms with E-state index in [-0.39, 0.29) is 41.0 Å². The van der Waals surface area contributed by atoms with E-state index < -0.39 is 111 Å². The number of hydrogen-bond acceptors (Lipinski definition) is 18. The Morgan fingerprint density at radius 1 is 0.394 bits per heavy atom. The first-order valence-corrected chi connectivity index (χ1v) is 40.9. The maximum Gasteiger partial charge on any atom is 0.338 e. The molecule has 1 aliphatic heterocycles. The second-order valence-electron chi connectivity index (χ2n) is 31.8. The van der Waals surface area contributed by atoms with Gasteiger partial charge in [0.15, 0.2) is 30.9 Å². The van der Waals surface area contributed by atoms with Crippen molar-refractivity contribution in [3.05, 3.63) is 179 Å². The third-order valence-corrected chi connectivity index (χ3v) is 20.8. The van der Waals surface area contributed by atoms with Gasteiger partial charge >= 0.3 is 29.8 Å². The average molecular weight is 1510 g/mol. The number of hydrogen-bond donors (Lipinski definition) is 2. The lowest BCUT2D eigenvalue weighted by molar-refractivity contribution is -0.341. The standard InChI is InChI=1S/C91H132O18/c1-64(2)33-27-35-66(5)37-29-39-68(7)41-31-43-70(9)55-57-99-60-78(100-58-56-71(10)44-32-42-69(8)40-30-38-67(6)36-28-34-65(3)4)61-103-91-84(108-89(98)77-53-25-16-26-54-77)83(107-88(97)76-51-23-15-24-52-76)82(80(106-91)62-101-85(94)73-45-17-12-18-46-73)109-90(105-79(59-92)72(11)93)81(104-87(96)75-49-21-14-22-50-75)63-102-86(95)74-47-19-13-20-48-74/h12-26,45-54,64-72,78-84,90-93H,27-44,55-63H2,1-11H3/t66?,67?,68?,69?,70?,71?,72-,78?,79?,80?,81+,82-,83?,84+,90+,91-/m1/s1. The molecule has 0 saturated carbocycles. The molecule has 16 atom stereocenters. The van der Waals surface area contributed by atoms with Gasteiger partial charge in [-0.25, -0.2) is 24.0 Å². The summed E-state index contributed by atoms with van der Waals surface area (Å²) >= 11 is 0. The predicted octanol–water partition coefficient (Wildman–Crippen LogP) is 18.9. The van der Waals surface area contributed by atoms with Gasteiger partial charge in [-0.15, -0.1) is 0 Å². The van der Waals surface area contributed by atoms with Crippen molar-refractivity contribution in [3.63, 3.8) is 0 Å². The molecule has 1 saturated heterocycles. The Morgan fingerprint density at radius 2 is 0.761 bits per heavy atom. The fourth-order valence-corrected chi connectivity index (χ4v) is 13.7. The van der Waals surface area contributed by atoms with Crippen LogP contribution in [0.1, 0.15) is 256 Å². The molecule has 0 amide bonds. The molecule has 0 spiro atoms. The van der Waals surface area contributed by atoms with E-state index in [0.29, 0.717) is 36.9 Å². The highest BCUT2D eigenvalue weighted by Gasteiger charge is 2.54. The number of carbonyl (C=O) groups excluding carboxylic acids is 5. The number of benzene rings is 5. The fourth-order valence-electron chi connectivity index (χ4n) is 13.7. The third kappa shape index (κ3) is 35.6. The van der Waals surface area contributed by atoms with Crippen molar-refractivity contribution < 1.29 is 86.3 Å². The van der Waals surface area contributed by atoms with Gasteiger partial charge in [-0.2, -0.15) is 0 Å². The molecule has 10 unspecified atom stereocenters. The maximum atomic E-state index is 15.0. The summed E-state index contributed by atoms with van der Waals surface area (Å²) in [5, 5.41) is 22.1. The lowest BCUT2D eigenvalue weighted by Gasteiger charge is -2.46. The van der Waals surface area contributed by atoms with Gasteiger partial charge in [-0.05, 0) is 128 Å². The minimum atomic E-state index is -1.99. The van der Waals surface area contributed by atoms with Gasteiger partial charge in [0.05, 0.1) is 53.7 Å². The normalized spacial score (nSPS) is 18.9. The average Bonchev–Trinajstić information content (AvgIpc) is 0.773. The quantitative estimate of drug-likeness (QED) is 0.0160. The molecule has 5 aromatic carbocycles. The number of ether oxygens (including phenoxy) is 11. The second kappa shape index (κ2) is 51.6. The summed E-state index contributed by atoms with van der Waals surface area (Å²) in [5.74, 6) is 0.746. The Bertz CT molecular complexity index is 3250. The number of aliphatic hydroxyl groups excluding tert-OH is 2. The molecule has 1 heterocycles. The van der Waals surface area contributed by atoms with Crippen molar-refractivity contribution in [1.29, 1.82) is 0 Å². The van der Waals surface area contributed by atoms with E-state index in [9.17, 15) is 34.2 Å². The van der Waals surface area contributed by atoms with Crippen LogP contribution in [-0.4, -0.2) is 148 Å². The summed E-state index contributed by atoms with van der Waals surface area (Å²) in [6.45, 7) is 23.2. The molecule has 604 valence electrons. The van der Waals surface area contributed by atoms with Gasteiger partial charge in [0.1, 0.15) is 37.6 Å². The van der Waals surface area contributed by atoms with Gasteiger partial charge in [0.2, 0.25) is 0 Å². The van der Waals surface area contributed by atoms with E-state index in [0.717, 1.165) is 68.6 Å². The molecular formula is C91H132O18. The summed E-state index contributed by atoms with van der Waals surface area (Å²) in [7, 11) is 0. The zero-order valence-corrected chi connectivity index (χ0v) is 67.3. The van der Waals surface area contributed by atoms with Gasteiger partial charge in [-0.1, -0.05) is 276 Å². The molecule has 1 fully saturated rings. The Labute approximate surface area is 652 Å². The summed E-state index contributed by atoms with van der Waals surface area (Å²) in [5.41, 5.74) is 0.585. The predicted molar refractivity (Wildman–Crippen MR) is 425 cm³/mol. The van der Waals surface area contributed by atoms with Crippen LogP contribution in [0.15, 0.2) is 152 Å². The van der Waals surface area contributed by atoms with Gasteiger partial charge in [-0.3, -0.25) is 0 Å². The summed E-state index contributed by atoms with van der Waals surface area (Å²) in [6.07, 6.45) is 7.71. The van der Waals surface area contributed by atoms with Crippen molar-refractivity contribution >= 4 is 29.8 Å². The van der Waals surface area contributed by atoms with Crippen LogP contribution in [0.25, 0.3) is 0 Å².